The molecule has 0 unspecified atom stereocenters. The summed E-state index contributed by atoms with van der Waals surface area (Å²) in [5.74, 6) is 0.660. The Morgan fingerprint density at radius 2 is 2.39 bits per heavy atom. The van der Waals surface area contributed by atoms with Crippen LogP contribution < -0.4 is 11.1 Å². The number of carbonyl (C=O) groups is 1. The van der Waals surface area contributed by atoms with E-state index >= 15 is 0 Å². The first kappa shape index (κ1) is 12.9. The van der Waals surface area contributed by atoms with Crippen molar-refractivity contribution in [2.24, 2.45) is 18.2 Å². The zero-order valence-electron chi connectivity index (χ0n) is 10.3. The Morgan fingerprint density at radius 3 is 2.83 bits per heavy atom. The predicted molar refractivity (Wildman–Crippen MR) is 70.8 cm³/mol. The van der Waals surface area contributed by atoms with Crippen molar-refractivity contribution >= 4 is 23.1 Å². The number of hydrogen-bond acceptors (Lipinski definition) is 4. The maximum atomic E-state index is 12.1. The first-order chi connectivity index (χ1) is 8.54. The largest absolute Gasteiger partial charge is 0.392 e. The summed E-state index contributed by atoms with van der Waals surface area (Å²) in [6.07, 6.45) is 4.78. The van der Waals surface area contributed by atoms with E-state index < -0.39 is 5.41 Å². The monoisotopic (exact) mass is 267 g/mol. The van der Waals surface area contributed by atoms with E-state index in [1.807, 2.05) is 7.05 Å². The van der Waals surface area contributed by atoms with Crippen LogP contribution in [-0.2, 0) is 18.3 Å². The zero-order chi connectivity index (χ0) is 13.2. The quantitative estimate of drug-likeness (QED) is 0.729. The van der Waals surface area contributed by atoms with Crippen LogP contribution in [0.25, 0.3) is 0 Å². The maximum absolute atomic E-state index is 12.1. The molecule has 3 N–H and O–H groups in total. The van der Waals surface area contributed by atoms with E-state index in [0.717, 1.165) is 25.1 Å². The van der Waals surface area contributed by atoms with Gasteiger partial charge in [0, 0.05) is 20.0 Å². The number of nitrogens with two attached hydrogens (primary N) is 1. The molecule has 0 bridgehead atoms. The normalized spacial score (nSPS) is 16.9. The van der Waals surface area contributed by atoms with Crippen LogP contribution in [0.5, 0.6) is 0 Å². The van der Waals surface area contributed by atoms with Crippen molar-refractivity contribution in [3.63, 3.8) is 0 Å². The second kappa shape index (κ2) is 5.01. The number of carbonyl (C=O) groups excluding carboxylic acids is 1. The van der Waals surface area contributed by atoms with Crippen molar-refractivity contribution in [2.45, 2.75) is 25.7 Å². The third-order valence-corrected chi connectivity index (χ3v) is 3.79. The molecule has 1 aromatic rings. The maximum Gasteiger partial charge on any atom is 0.233 e. The van der Waals surface area contributed by atoms with E-state index in [0.29, 0.717) is 18.0 Å². The van der Waals surface area contributed by atoms with Crippen LogP contribution >= 0.6 is 12.2 Å². The SMILES string of the molecule is Cn1cnc(CCNC(=O)C2(C(N)=S)CCC2)n1. The highest BCUT2D eigenvalue weighted by molar-refractivity contribution is 7.80. The van der Waals surface area contributed by atoms with Gasteiger partial charge in [-0.1, -0.05) is 18.6 Å². The van der Waals surface area contributed by atoms with Gasteiger partial charge in [0.1, 0.15) is 6.33 Å². The van der Waals surface area contributed by atoms with Gasteiger partial charge in [0.2, 0.25) is 5.91 Å². The lowest BCUT2D eigenvalue weighted by Crippen LogP contribution is -2.53. The number of amides is 1. The third-order valence-electron chi connectivity index (χ3n) is 3.39. The summed E-state index contributed by atoms with van der Waals surface area (Å²) < 4.78 is 1.64. The fourth-order valence-electron chi connectivity index (χ4n) is 2.07. The Morgan fingerprint density at radius 1 is 1.67 bits per heavy atom. The van der Waals surface area contributed by atoms with Gasteiger partial charge in [-0.25, -0.2) is 4.98 Å². The topological polar surface area (TPSA) is 85.8 Å². The number of nitrogens with zero attached hydrogens (tertiary/aromatic N) is 3. The standard InChI is InChI=1S/C11H17N5OS/c1-16-7-14-8(15-16)3-6-13-10(17)11(9(12)18)4-2-5-11/h7H,2-6H2,1H3,(H2,12,18)(H,13,17). The van der Waals surface area contributed by atoms with Gasteiger partial charge in [-0.2, -0.15) is 5.10 Å². The van der Waals surface area contributed by atoms with Crippen LogP contribution in [0.4, 0.5) is 0 Å². The fraction of sp³-hybridized carbons (Fsp3) is 0.636. The molecule has 0 saturated heterocycles. The molecule has 2 rings (SSSR count). The van der Waals surface area contributed by atoms with Gasteiger partial charge in [-0.15, -0.1) is 0 Å². The summed E-state index contributed by atoms with van der Waals surface area (Å²) in [4.78, 5) is 16.5. The average Bonchev–Trinajstić information content (AvgIpc) is 2.61. The predicted octanol–water partition coefficient (Wildman–Crippen LogP) is -0.0698. The molecule has 1 aliphatic carbocycles. The van der Waals surface area contributed by atoms with Crippen molar-refractivity contribution in [3.05, 3.63) is 12.2 Å². The summed E-state index contributed by atoms with van der Waals surface area (Å²) in [7, 11) is 1.81. The molecule has 1 aromatic heterocycles. The van der Waals surface area contributed by atoms with E-state index in [2.05, 4.69) is 15.4 Å². The smallest absolute Gasteiger partial charge is 0.233 e. The minimum Gasteiger partial charge on any atom is -0.392 e. The number of rotatable bonds is 5. The molecule has 7 heteroatoms. The van der Waals surface area contributed by atoms with E-state index in [1.165, 1.54) is 0 Å². The lowest BCUT2D eigenvalue weighted by atomic mass is 9.68. The minimum absolute atomic E-state index is 0.0582. The Labute approximate surface area is 111 Å². The molecule has 0 aliphatic heterocycles. The molecule has 1 aliphatic rings. The molecule has 0 spiro atoms. The number of nitrogens with one attached hydrogen (secondary N) is 1. The lowest BCUT2D eigenvalue weighted by molar-refractivity contribution is -0.130. The van der Waals surface area contributed by atoms with Gasteiger partial charge < -0.3 is 11.1 Å². The number of hydrogen-bond donors (Lipinski definition) is 2. The molecular formula is C11H17N5OS. The van der Waals surface area contributed by atoms with Gasteiger partial charge in [0.15, 0.2) is 5.82 Å². The molecule has 98 valence electrons. The molecule has 1 saturated carbocycles. The summed E-state index contributed by atoms with van der Waals surface area (Å²) in [6.45, 7) is 0.507. The van der Waals surface area contributed by atoms with Crippen molar-refractivity contribution in [1.29, 1.82) is 0 Å². The number of thiocarbonyl (C=S) groups is 1. The second-order valence-corrected chi connectivity index (χ2v) is 5.08. The molecule has 1 amide bonds. The first-order valence-electron chi connectivity index (χ1n) is 5.97. The third kappa shape index (κ3) is 2.35. The Bertz CT molecular complexity index is 466. The van der Waals surface area contributed by atoms with Crippen LogP contribution in [0.3, 0.4) is 0 Å². The molecule has 0 radical (unpaired) electrons. The lowest BCUT2D eigenvalue weighted by Gasteiger charge is -2.39. The molecule has 6 nitrogen and oxygen atoms in total. The van der Waals surface area contributed by atoms with Gasteiger partial charge in [-0.3, -0.25) is 9.48 Å². The summed E-state index contributed by atoms with van der Waals surface area (Å²) in [6, 6.07) is 0. The van der Waals surface area contributed by atoms with E-state index in [9.17, 15) is 4.79 Å². The van der Waals surface area contributed by atoms with Crippen LogP contribution in [0.15, 0.2) is 6.33 Å². The van der Waals surface area contributed by atoms with Crippen molar-refractivity contribution in [3.8, 4) is 0 Å². The van der Waals surface area contributed by atoms with Gasteiger partial charge in [0.05, 0.1) is 10.4 Å². The van der Waals surface area contributed by atoms with E-state index in [-0.39, 0.29) is 5.91 Å². The molecule has 0 atom stereocenters. The van der Waals surface area contributed by atoms with Gasteiger partial charge in [-0.05, 0) is 12.8 Å². The van der Waals surface area contributed by atoms with Crippen LogP contribution in [0, 0.1) is 5.41 Å². The van der Waals surface area contributed by atoms with Crippen LogP contribution in [0.1, 0.15) is 25.1 Å². The zero-order valence-corrected chi connectivity index (χ0v) is 11.2. The van der Waals surface area contributed by atoms with Gasteiger partial charge >= 0.3 is 0 Å². The number of aryl methyl sites for hydroxylation is 1. The van der Waals surface area contributed by atoms with Crippen molar-refractivity contribution in [1.82, 2.24) is 20.1 Å². The van der Waals surface area contributed by atoms with E-state index in [1.54, 1.807) is 11.0 Å². The highest BCUT2D eigenvalue weighted by Gasteiger charge is 2.46. The highest BCUT2D eigenvalue weighted by atomic mass is 32.1. The number of aromatic nitrogens is 3. The Hall–Kier alpha value is -1.50. The van der Waals surface area contributed by atoms with Gasteiger partial charge in [0.25, 0.3) is 0 Å². The highest BCUT2D eigenvalue weighted by Crippen LogP contribution is 2.41. The minimum atomic E-state index is -0.604. The molecule has 1 fully saturated rings. The van der Waals surface area contributed by atoms with Crippen LogP contribution in [-0.4, -0.2) is 32.2 Å². The molecular weight excluding hydrogens is 250 g/mol. The Balaban J connectivity index is 1.83. The van der Waals surface area contributed by atoms with Crippen molar-refractivity contribution in [2.75, 3.05) is 6.54 Å². The average molecular weight is 267 g/mol. The van der Waals surface area contributed by atoms with Crippen LogP contribution in [0.2, 0.25) is 0 Å². The molecule has 1 heterocycles. The Kier molecular flexibility index (Phi) is 3.60. The fourth-order valence-corrected chi connectivity index (χ4v) is 2.37. The molecule has 18 heavy (non-hydrogen) atoms. The first-order valence-corrected chi connectivity index (χ1v) is 6.38. The molecule has 0 aromatic carbocycles. The van der Waals surface area contributed by atoms with E-state index in [4.69, 9.17) is 18.0 Å². The summed E-state index contributed by atoms with van der Waals surface area (Å²) >= 11 is 4.99. The van der Waals surface area contributed by atoms with Crippen molar-refractivity contribution < 1.29 is 4.79 Å². The summed E-state index contributed by atoms with van der Waals surface area (Å²) in [5.41, 5.74) is 5.06. The second-order valence-electron chi connectivity index (χ2n) is 4.64. The summed E-state index contributed by atoms with van der Waals surface area (Å²) in [5, 5.41) is 7.01.